The second kappa shape index (κ2) is 14.2. The van der Waals surface area contributed by atoms with Crippen LogP contribution in [0, 0.1) is 23.0 Å². The van der Waals surface area contributed by atoms with E-state index < -0.39 is 34.1 Å². The summed E-state index contributed by atoms with van der Waals surface area (Å²) in [6.07, 6.45) is 6.04. The van der Waals surface area contributed by atoms with E-state index in [0.29, 0.717) is 55.4 Å². The summed E-state index contributed by atoms with van der Waals surface area (Å²) >= 11 is 7.67. The van der Waals surface area contributed by atoms with Crippen LogP contribution in [0.2, 0.25) is 5.02 Å². The average molecular weight is 662 g/mol. The molecule has 242 valence electrons. The van der Waals surface area contributed by atoms with Gasteiger partial charge in [0.15, 0.2) is 22.5 Å². The number of amidine groups is 1. The van der Waals surface area contributed by atoms with E-state index in [1.54, 1.807) is 25.4 Å². The van der Waals surface area contributed by atoms with Gasteiger partial charge in [0, 0.05) is 41.5 Å². The number of nitrogens with zero attached hydrogens (tertiary/aromatic N) is 4. The van der Waals surface area contributed by atoms with Crippen LogP contribution in [0.1, 0.15) is 75.8 Å². The van der Waals surface area contributed by atoms with Crippen molar-refractivity contribution in [1.82, 2.24) is 20.1 Å². The third kappa shape index (κ3) is 7.12. The number of carbonyl (C=O) groups excluding carboxylic acids is 2. The Balaban J connectivity index is 0.00000461. The number of benzene rings is 1. The first kappa shape index (κ1) is 34.2. The molecule has 1 aromatic carbocycles. The summed E-state index contributed by atoms with van der Waals surface area (Å²) in [6.45, 7) is 8.19. The molecule has 0 amide bonds. The van der Waals surface area contributed by atoms with E-state index >= 15 is 0 Å². The van der Waals surface area contributed by atoms with Gasteiger partial charge in [-0.15, -0.1) is 11.3 Å². The Morgan fingerprint density at radius 1 is 1.20 bits per heavy atom. The smallest absolute Gasteiger partial charge is 0.338 e. The van der Waals surface area contributed by atoms with Crippen LogP contribution in [-0.4, -0.2) is 45.8 Å². The van der Waals surface area contributed by atoms with E-state index in [4.69, 9.17) is 31.2 Å². The zero-order valence-electron chi connectivity index (χ0n) is 25.0. The standard InChI is InChI=1S/C31H34ClF2N5O4S.CH4/c1-5-42-29(40)22-25(17-7-10-21-18(15-17)16-39(38-21)13-11-31(3,4)30(41)43-6-2)36-27(28-35-12-14-44-28)37-26(22)19-8-9-20(33)24(34)23(19)32;/h8-9,12,14,16-17,26H,5-7,10-11,13,15H2,1-4H3,(H,36,37);1H4. The van der Waals surface area contributed by atoms with E-state index in [9.17, 15) is 18.4 Å². The number of allylic oxidation sites excluding steroid dienone is 1. The number of hydrogen-bond acceptors (Lipinski definition) is 9. The SMILES string of the molecule is C.CCOC(=O)C1=C(C2CCc3nn(CCC(C)(C)C(=O)OCC)cc3C2)NC(c2nccs2)=NC1c1ccc(F)c(F)c1Cl. The predicted molar refractivity (Wildman–Crippen MR) is 169 cm³/mol. The second-order valence-corrected chi connectivity index (χ2v) is 12.6. The highest BCUT2D eigenvalue weighted by Crippen LogP contribution is 2.41. The van der Waals surface area contributed by atoms with Crippen LogP contribution in [0.3, 0.4) is 0 Å². The van der Waals surface area contributed by atoms with Crippen molar-refractivity contribution >= 4 is 40.7 Å². The van der Waals surface area contributed by atoms with Gasteiger partial charge in [-0.3, -0.25) is 14.5 Å². The molecule has 9 nitrogen and oxygen atoms in total. The fourth-order valence-corrected chi connectivity index (χ4v) is 6.34. The van der Waals surface area contributed by atoms with Crippen LogP contribution in [0.4, 0.5) is 8.78 Å². The number of halogens is 3. The fraction of sp³-hybridized carbons (Fsp3) is 0.469. The van der Waals surface area contributed by atoms with Crippen LogP contribution in [-0.2, 0) is 38.4 Å². The molecular weight excluding hydrogens is 624 g/mol. The van der Waals surface area contributed by atoms with Crippen molar-refractivity contribution in [3.8, 4) is 0 Å². The Hall–Kier alpha value is -3.64. The number of ether oxygens (including phenoxy) is 2. The summed E-state index contributed by atoms with van der Waals surface area (Å²) in [7, 11) is 0. The van der Waals surface area contributed by atoms with Crippen molar-refractivity contribution in [3.63, 3.8) is 0 Å². The van der Waals surface area contributed by atoms with Crippen molar-refractivity contribution in [2.75, 3.05) is 13.2 Å². The number of fused-ring (bicyclic) bond motifs is 1. The molecular formula is C32H38ClF2N5O4S. The third-order valence-corrected chi connectivity index (χ3v) is 9.05. The molecule has 0 saturated carbocycles. The zero-order valence-corrected chi connectivity index (χ0v) is 26.5. The molecule has 5 rings (SSSR count). The molecule has 0 radical (unpaired) electrons. The summed E-state index contributed by atoms with van der Waals surface area (Å²) in [5, 5.41) is 10.1. The zero-order chi connectivity index (χ0) is 31.6. The molecule has 0 bridgehead atoms. The van der Waals surface area contributed by atoms with Crippen molar-refractivity contribution in [2.45, 2.75) is 73.4 Å². The summed E-state index contributed by atoms with van der Waals surface area (Å²) in [4.78, 5) is 35.0. The lowest BCUT2D eigenvalue weighted by molar-refractivity contribution is -0.154. The van der Waals surface area contributed by atoms with Gasteiger partial charge in [0.05, 0.1) is 34.9 Å². The highest BCUT2D eigenvalue weighted by atomic mass is 35.5. The van der Waals surface area contributed by atoms with Gasteiger partial charge in [-0.2, -0.15) is 5.10 Å². The maximum Gasteiger partial charge on any atom is 0.338 e. The molecule has 2 aromatic heterocycles. The first-order chi connectivity index (χ1) is 21.0. The minimum Gasteiger partial charge on any atom is -0.466 e. The maximum atomic E-state index is 14.7. The molecule has 3 heterocycles. The molecule has 2 aliphatic rings. The first-order valence-electron chi connectivity index (χ1n) is 14.6. The Kier molecular flexibility index (Phi) is 10.8. The largest absolute Gasteiger partial charge is 0.466 e. The van der Waals surface area contributed by atoms with Gasteiger partial charge in [0.2, 0.25) is 0 Å². The molecule has 0 spiro atoms. The normalized spacial score (nSPS) is 18.0. The molecule has 1 aliphatic carbocycles. The Bertz CT molecular complexity index is 1620. The maximum absolute atomic E-state index is 14.7. The van der Waals surface area contributed by atoms with Crippen LogP contribution in [0.25, 0.3) is 0 Å². The Labute approximate surface area is 270 Å². The van der Waals surface area contributed by atoms with Gasteiger partial charge < -0.3 is 14.8 Å². The average Bonchev–Trinajstić information content (AvgIpc) is 3.69. The lowest BCUT2D eigenvalue weighted by atomic mass is 9.81. The molecule has 1 aliphatic heterocycles. The number of aryl methyl sites for hydroxylation is 2. The Morgan fingerprint density at radius 2 is 1.96 bits per heavy atom. The number of hydrogen-bond donors (Lipinski definition) is 1. The van der Waals surface area contributed by atoms with Crippen molar-refractivity contribution in [2.24, 2.45) is 16.3 Å². The van der Waals surface area contributed by atoms with Crippen LogP contribution in [0.5, 0.6) is 0 Å². The van der Waals surface area contributed by atoms with E-state index in [2.05, 4.69) is 10.3 Å². The van der Waals surface area contributed by atoms with Crippen LogP contribution >= 0.6 is 22.9 Å². The topological polar surface area (TPSA) is 108 Å². The second-order valence-electron chi connectivity index (χ2n) is 11.3. The minimum absolute atomic E-state index is 0. The van der Waals surface area contributed by atoms with E-state index in [1.165, 1.54) is 17.4 Å². The lowest BCUT2D eigenvalue weighted by Gasteiger charge is -2.33. The number of aromatic nitrogens is 3. The quantitative estimate of drug-likeness (QED) is 0.193. The summed E-state index contributed by atoms with van der Waals surface area (Å²) < 4.78 is 41.3. The Morgan fingerprint density at radius 3 is 2.64 bits per heavy atom. The molecule has 13 heteroatoms. The number of esters is 2. The van der Waals surface area contributed by atoms with Gasteiger partial charge in [-0.25, -0.2) is 18.6 Å². The van der Waals surface area contributed by atoms with Crippen LogP contribution < -0.4 is 5.32 Å². The number of thiazole rings is 1. The number of rotatable bonds is 10. The number of nitrogens with one attached hydrogen (secondary N) is 1. The molecule has 1 N–H and O–H groups in total. The molecule has 0 fully saturated rings. The molecule has 0 saturated heterocycles. The summed E-state index contributed by atoms with van der Waals surface area (Å²) in [6, 6.07) is 1.27. The van der Waals surface area contributed by atoms with Gasteiger partial charge in [-0.05, 0) is 65.0 Å². The first-order valence-corrected chi connectivity index (χ1v) is 15.8. The monoisotopic (exact) mass is 661 g/mol. The highest BCUT2D eigenvalue weighted by Gasteiger charge is 2.39. The van der Waals surface area contributed by atoms with Gasteiger partial charge >= 0.3 is 11.9 Å². The summed E-state index contributed by atoms with van der Waals surface area (Å²) in [5.74, 6) is -2.94. The van der Waals surface area contributed by atoms with E-state index in [1.807, 2.05) is 24.7 Å². The third-order valence-electron chi connectivity index (χ3n) is 7.89. The van der Waals surface area contributed by atoms with Gasteiger partial charge in [0.1, 0.15) is 6.04 Å². The van der Waals surface area contributed by atoms with Crippen molar-refractivity contribution in [1.29, 1.82) is 0 Å². The van der Waals surface area contributed by atoms with Gasteiger partial charge in [0.25, 0.3) is 0 Å². The molecule has 3 aromatic rings. The highest BCUT2D eigenvalue weighted by molar-refractivity contribution is 7.11. The fourth-order valence-electron chi connectivity index (χ4n) is 5.49. The molecule has 2 atom stereocenters. The molecule has 2 unspecified atom stereocenters. The predicted octanol–water partition coefficient (Wildman–Crippen LogP) is 6.60. The van der Waals surface area contributed by atoms with E-state index in [-0.39, 0.29) is 37.1 Å². The van der Waals surface area contributed by atoms with E-state index in [0.717, 1.165) is 17.3 Å². The summed E-state index contributed by atoms with van der Waals surface area (Å²) in [5.41, 5.74) is 2.24. The number of aliphatic imine (C=N–C) groups is 1. The molecule has 45 heavy (non-hydrogen) atoms. The van der Waals surface area contributed by atoms with Crippen LogP contribution in [0.15, 0.2) is 46.2 Å². The lowest BCUT2D eigenvalue weighted by Crippen LogP contribution is -2.38. The van der Waals surface area contributed by atoms with Crippen molar-refractivity contribution in [3.05, 3.63) is 79.7 Å². The van der Waals surface area contributed by atoms with Gasteiger partial charge in [-0.1, -0.05) is 25.1 Å². The number of carbonyl (C=O) groups is 2. The minimum atomic E-state index is -1.21. The van der Waals surface area contributed by atoms with Crippen molar-refractivity contribution < 1.29 is 27.8 Å².